The lowest BCUT2D eigenvalue weighted by molar-refractivity contribution is -0.117. The zero-order chi connectivity index (χ0) is 26.9. The number of anilines is 1. The molecular formula is C27H27N3O6S2. The summed E-state index contributed by atoms with van der Waals surface area (Å²) in [4.78, 5) is 11.8. The number of carbonyl (C=O) groups excluding carboxylic acids is 1. The molecule has 0 radical (unpaired) electrons. The van der Waals surface area contributed by atoms with Gasteiger partial charge in [0.1, 0.15) is 18.9 Å². The van der Waals surface area contributed by atoms with Gasteiger partial charge in [-0.05, 0) is 40.8 Å². The number of hydrogen-bond acceptors (Lipinski definition) is 6. The van der Waals surface area contributed by atoms with Crippen LogP contribution < -0.4 is 13.8 Å². The number of ether oxygens (including phenoxy) is 1. The van der Waals surface area contributed by atoms with E-state index in [1.165, 1.54) is 10.6 Å². The van der Waals surface area contributed by atoms with Crippen LogP contribution in [0.3, 0.4) is 0 Å². The van der Waals surface area contributed by atoms with E-state index < -0.39 is 26.1 Å². The molecule has 2 heterocycles. The van der Waals surface area contributed by atoms with E-state index in [-0.39, 0.29) is 30.6 Å². The van der Waals surface area contributed by atoms with Gasteiger partial charge >= 0.3 is 10.2 Å². The molecular weight excluding hydrogens is 526 g/mol. The molecule has 3 aromatic carbocycles. The molecule has 0 bridgehead atoms. The molecule has 2 aliphatic heterocycles. The molecule has 1 saturated heterocycles. The Morgan fingerprint density at radius 1 is 1.00 bits per heavy atom. The predicted octanol–water partition coefficient (Wildman–Crippen LogP) is 2.85. The minimum atomic E-state index is -4.03. The molecule has 0 aromatic heterocycles. The smallest absolute Gasteiger partial charge is 0.326 e. The van der Waals surface area contributed by atoms with E-state index in [9.17, 15) is 21.6 Å². The van der Waals surface area contributed by atoms with E-state index >= 15 is 0 Å². The van der Waals surface area contributed by atoms with Crippen molar-refractivity contribution in [2.45, 2.75) is 25.6 Å². The Balaban J connectivity index is 1.47. The minimum Gasteiger partial charge on any atom is -0.487 e. The Labute approximate surface area is 222 Å². The zero-order valence-corrected chi connectivity index (χ0v) is 22.3. The molecule has 1 N–H and O–H groups in total. The lowest BCUT2D eigenvalue weighted by Gasteiger charge is -2.33. The fourth-order valence-corrected chi connectivity index (χ4v) is 6.79. The number of amides is 1. The maximum absolute atomic E-state index is 12.5. The van der Waals surface area contributed by atoms with Crippen LogP contribution in [0, 0.1) is 0 Å². The van der Waals surface area contributed by atoms with Crippen LogP contribution in [-0.4, -0.2) is 45.9 Å². The van der Waals surface area contributed by atoms with Gasteiger partial charge in [-0.3, -0.25) is 4.79 Å². The van der Waals surface area contributed by atoms with Crippen molar-refractivity contribution in [3.05, 3.63) is 101 Å². The summed E-state index contributed by atoms with van der Waals surface area (Å²) >= 11 is 0. The topological polar surface area (TPSA) is 113 Å². The van der Waals surface area contributed by atoms with Crippen LogP contribution >= 0.6 is 0 Å². The molecule has 11 heteroatoms. The third-order valence-corrected chi connectivity index (χ3v) is 9.13. The molecule has 0 aliphatic carbocycles. The highest BCUT2D eigenvalue weighted by Crippen LogP contribution is 2.34. The summed E-state index contributed by atoms with van der Waals surface area (Å²) in [6, 6.07) is 21.8. The first-order valence-electron chi connectivity index (χ1n) is 12.0. The molecule has 198 valence electrons. The summed E-state index contributed by atoms with van der Waals surface area (Å²) in [6.07, 6.45) is 5.38. The minimum absolute atomic E-state index is 0.192. The number of sulfonamides is 1. The van der Waals surface area contributed by atoms with Crippen molar-refractivity contribution in [1.29, 1.82) is 0 Å². The maximum atomic E-state index is 12.5. The number of nitrogens with zero attached hydrogens (tertiary/aromatic N) is 2. The summed E-state index contributed by atoms with van der Waals surface area (Å²) in [5, 5.41) is 0. The van der Waals surface area contributed by atoms with Gasteiger partial charge in [-0.25, -0.2) is 17.4 Å². The molecule has 0 unspecified atom stereocenters. The molecule has 3 aromatic rings. The van der Waals surface area contributed by atoms with Gasteiger partial charge < -0.3 is 4.74 Å². The van der Waals surface area contributed by atoms with Crippen molar-refractivity contribution in [2.75, 3.05) is 17.1 Å². The van der Waals surface area contributed by atoms with Crippen LogP contribution in [0.1, 0.15) is 22.3 Å². The molecule has 1 atom stereocenters. The molecule has 1 amide bonds. The van der Waals surface area contributed by atoms with E-state index in [0.29, 0.717) is 18.5 Å². The number of nitrogens with one attached hydrogen (secondary N) is 1. The number of benzene rings is 3. The van der Waals surface area contributed by atoms with Crippen molar-refractivity contribution in [3.63, 3.8) is 0 Å². The van der Waals surface area contributed by atoms with Crippen molar-refractivity contribution in [3.8, 4) is 5.75 Å². The van der Waals surface area contributed by atoms with Gasteiger partial charge in [0.15, 0.2) is 0 Å². The van der Waals surface area contributed by atoms with Gasteiger partial charge in [0.05, 0.1) is 11.9 Å². The lowest BCUT2D eigenvalue weighted by atomic mass is 9.95. The third kappa shape index (κ3) is 5.59. The highest BCUT2D eigenvalue weighted by molar-refractivity contribution is 7.92. The molecule has 38 heavy (non-hydrogen) atoms. The Morgan fingerprint density at radius 3 is 2.39 bits per heavy atom. The van der Waals surface area contributed by atoms with Crippen LogP contribution in [-0.2, 0) is 44.6 Å². The second-order valence-corrected chi connectivity index (χ2v) is 12.8. The fraction of sp³-hybridized carbons (Fsp3) is 0.222. The van der Waals surface area contributed by atoms with Crippen LogP contribution in [0.25, 0.3) is 6.08 Å². The van der Waals surface area contributed by atoms with E-state index in [0.717, 1.165) is 21.0 Å². The summed E-state index contributed by atoms with van der Waals surface area (Å²) in [5.41, 5.74) is 3.91. The number of hydrogen-bond donors (Lipinski definition) is 1. The predicted molar refractivity (Wildman–Crippen MR) is 145 cm³/mol. The SMILES string of the molecule is CS(=O)(=O)N1Cc2ccccc2C[C@H]1/C=C/c1ccc(N2CC(=O)NS2(=O)=O)c(OCc2ccccc2)c1. The molecule has 0 saturated carbocycles. The van der Waals surface area contributed by atoms with Gasteiger partial charge in [0.25, 0.3) is 5.91 Å². The monoisotopic (exact) mass is 553 g/mol. The Morgan fingerprint density at radius 2 is 1.71 bits per heavy atom. The van der Waals surface area contributed by atoms with Crippen LogP contribution in [0.4, 0.5) is 5.69 Å². The molecule has 0 spiro atoms. The van der Waals surface area contributed by atoms with Gasteiger partial charge in [-0.1, -0.05) is 72.8 Å². The number of rotatable bonds is 7. The maximum Gasteiger partial charge on any atom is 0.326 e. The first-order chi connectivity index (χ1) is 18.1. The van der Waals surface area contributed by atoms with E-state index in [1.807, 2.05) is 65.4 Å². The average molecular weight is 554 g/mol. The molecule has 5 rings (SSSR count). The number of fused-ring (bicyclic) bond motifs is 1. The Kier molecular flexibility index (Phi) is 6.99. The van der Waals surface area contributed by atoms with Crippen LogP contribution in [0.15, 0.2) is 78.9 Å². The van der Waals surface area contributed by atoms with Crippen LogP contribution in [0.5, 0.6) is 5.75 Å². The first kappa shape index (κ1) is 26.0. The van der Waals surface area contributed by atoms with Crippen molar-refractivity contribution < 1.29 is 26.4 Å². The van der Waals surface area contributed by atoms with Crippen molar-refractivity contribution in [1.82, 2.24) is 9.03 Å². The second kappa shape index (κ2) is 10.2. The zero-order valence-electron chi connectivity index (χ0n) is 20.6. The normalized spacial score (nSPS) is 19.3. The van der Waals surface area contributed by atoms with Crippen molar-refractivity contribution >= 4 is 37.9 Å². The molecule has 9 nitrogen and oxygen atoms in total. The molecule has 1 fully saturated rings. The summed E-state index contributed by atoms with van der Waals surface area (Å²) in [7, 11) is -7.49. The van der Waals surface area contributed by atoms with E-state index in [4.69, 9.17) is 4.74 Å². The van der Waals surface area contributed by atoms with Gasteiger partial charge in [-0.15, -0.1) is 0 Å². The highest BCUT2D eigenvalue weighted by Gasteiger charge is 2.36. The second-order valence-electron chi connectivity index (χ2n) is 9.25. The largest absolute Gasteiger partial charge is 0.487 e. The third-order valence-electron chi connectivity index (χ3n) is 6.49. The van der Waals surface area contributed by atoms with E-state index in [2.05, 4.69) is 0 Å². The number of carbonyl (C=O) groups is 1. The van der Waals surface area contributed by atoms with Crippen molar-refractivity contribution in [2.24, 2.45) is 0 Å². The summed E-state index contributed by atoms with van der Waals surface area (Å²) < 4.78 is 60.6. The fourth-order valence-electron chi connectivity index (χ4n) is 4.63. The average Bonchev–Trinajstić information content (AvgIpc) is 3.17. The Bertz CT molecular complexity index is 1600. The quantitative estimate of drug-likeness (QED) is 0.482. The standard InChI is InChI=1S/C27H27N3O6S2/c1-37(32,33)29-17-23-10-6-5-9-22(23)16-24(29)13-11-20-12-14-25(30-18-27(31)28-38(30,34)35)26(15-20)36-19-21-7-3-2-4-8-21/h2-15,24H,16-19H2,1H3,(H,28,31)/b13-11+/t24-/m1/s1. The van der Waals surface area contributed by atoms with Crippen LogP contribution in [0.2, 0.25) is 0 Å². The summed E-state index contributed by atoms with van der Waals surface area (Å²) in [5.74, 6) is -0.341. The first-order valence-corrected chi connectivity index (χ1v) is 15.2. The summed E-state index contributed by atoms with van der Waals surface area (Å²) in [6.45, 7) is 0.143. The van der Waals surface area contributed by atoms with Gasteiger partial charge in [0, 0.05) is 12.6 Å². The highest BCUT2D eigenvalue weighted by atomic mass is 32.2. The van der Waals surface area contributed by atoms with Gasteiger partial charge in [-0.2, -0.15) is 12.7 Å². The lowest BCUT2D eigenvalue weighted by Crippen LogP contribution is -2.42. The Hall–Kier alpha value is -3.67. The van der Waals surface area contributed by atoms with E-state index in [1.54, 1.807) is 24.3 Å². The molecule has 2 aliphatic rings. The van der Waals surface area contributed by atoms with Gasteiger partial charge in [0.2, 0.25) is 10.0 Å².